The first-order chi connectivity index (χ1) is 5.89. The third kappa shape index (κ3) is 7.80. The third-order valence-electron chi connectivity index (χ3n) is 0.922. The van der Waals surface area contributed by atoms with E-state index in [2.05, 4.69) is 0 Å². The van der Waals surface area contributed by atoms with E-state index in [4.69, 9.17) is 13.0 Å². The molecular formula is C5H10F3NO4S. The molecule has 0 fully saturated rings. The number of nitrogens with zero attached hydrogens (tertiary/aromatic N) is 1. The van der Waals surface area contributed by atoms with Crippen molar-refractivity contribution in [2.24, 2.45) is 0 Å². The van der Waals surface area contributed by atoms with Crippen molar-refractivity contribution in [1.82, 2.24) is 4.90 Å². The minimum absolute atomic E-state index is 0.0926. The molecule has 0 rings (SSSR count). The highest BCUT2D eigenvalue weighted by atomic mass is 32.2. The summed E-state index contributed by atoms with van der Waals surface area (Å²) in [6.45, 7) is 1.53. The standard InChI is InChI=1S/C4H9NO.CHF3O3S/c1-4(6)5(2)3;2-1(3,4)8(5,6)7/h1-3H3;(H,5,6,7). The number of amides is 1. The van der Waals surface area contributed by atoms with Crippen molar-refractivity contribution in [3.63, 3.8) is 0 Å². The van der Waals surface area contributed by atoms with Crippen molar-refractivity contribution in [3.8, 4) is 0 Å². The van der Waals surface area contributed by atoms with E-state index in [0.717, 1.165) is 0 Å². The predicted octanol–water partition coefficient (Wildman–Crippen LogP) is 0.488. The zero-order chi connectivity index (χ0) is 12.2. The van der Waals surface area contributed by atoms with Crippen molar-refractivity contribution in [3.05, 3.63) is 0 Å². The topological polar surface area (TPSA) is 74.7 Å². The van der Waals surface area contributed by atoms with Crippen molar-refractivity contribution in [2.45, 2.75) is 12.4 Å². The molecule has 0 heterocycles. The first kappa shape index (κ1) is 15.6. The molecule has 0 aliphatic carbocycles. The molecule has 0 saturated heterocycles. The molecular weight excluding hydrogens is 227 g/mol. The number of carbonyl (C=O) groups is 1. The first-order valence-electron chi connectivity index (χ1n) is 3.11. The van der Waals surface area contributed by atoms with Crippen LogP contribution in [0.25, 0.3) is 0 Å². The van der Waals surface area contributed by atoms with Crippen LogP contribution in [0.5, 0.6) is 0 Å². The molecule has 0 saturated carbocycles. The Labute approximate surface area is 79.3 Å². The van der Waals surface area contributed by atoms with Gasteiger partial charge >= 0.3 is 15.6 Å². The molecule has 0 atom stereocenters. The van der Waals surface area contributed by atoms with Gasteiger partial charge in [-0.25, -0.2) is 0 Å². The largest absolute Gasteiger partial charge is 0.522 e. The molecule has 0 aromatic rings. The van der Waals surface area contributed by atoms with Gasteiger partial charge in [-0.2, -0.15) is 21.6 Å². The second kappa shape index (κ2) is 5.15. The maximum atomic E-state index is 10.7. The maximum Gasteiger partial charge on any atom is 0.522 e. The van der Waals surface area contributed by atoms with Crippen molar-refractivity contribution in [2.75, 3.05) is 14.1 Å². The predicted molar refractivity (Wildman–Crippen MR) is 42.0 cm³/mol. The smallest absolute Gasteiger partial charge is 0.349 e. The molecule has 0 bridgehead atoms. The van der Waals surface area contributed by atoms with E-state index in [1.54, 1.807) is 14.1 Å². The van der Waals surface area contributed by atoms with E-state index in [-0.39, 0.29) is 5.91 Å². The molecule has 5 nitrogen and oxygen atoms in total. The van der Waals surface area contributed by atoms with Gasteiger partial charge in [-0.15, -0.1) is 0 Å². The zero-order valence-electron chi connectivity index (χ0n) is 7.66. The summed E-state index contributed by atoms with van der Waals surface area (Å²) in [7, 11) is -2.39. The number of rotatable bonds is 0. The fraction of sp³-hybridized carbons (Fsp3) is 0.800. The highest BCUT2D eigenvalue weighted by Gasteiger charge is 2.44. The molecule has 1 amide bonds. The lowest BCUT2D eigenvalue weighted by Crippen LogP contribution is -2.21. The molecule has 0 aliphatic rings. The number of halogens is 3. The van der Waals surface area contributed by atoms with E-state index in [1.807, 2.05) is 0 Å². The number of carbonyl (C=O) groups excluding carboxylic acids is 1. The minimum atomic E-state index is -5.84. The highest BCUT2D eigenvalue weighted by molar-refractivity contribution is 7.86. The lowest BCUT2D eigenvalue weighted by molar-refractivity contribution is -0.126. The Bertz CT molecular complexity index is 282. The van der Waals surface area contributed by atoms with Gasteiger partial charge < -0.3 is 4.90 Å². The summed E-state index contributed by atoms with van der Waals surface area (Å²) in [6.07, 6.45) is 0. The molecule has 0 aromatic heterocycles. The van der Waals surface area contributed by atoms with Crippen molar-refractivity contribution in [1.29, 1.82) is 0 Å². The molecule has 0 aliphatic heterocycles. The molecule has 0 radical (unpaired) electrons. The minimum Gasteiger partial charge on any atom is -0.349 e. The van der Waals surface area contributed by atoms with Crippen molar-refractivity contribution < 1.29 is 30.9 Å². The number of hydrogen-bond donors (Lipinski definition) is 1. The summed E-state index contributed by atoms with van der Waals surface area (Å²) >= 11 is 0. The fourth-order valence-electron chi connectivity index (χ4n) is 0. The van der Waals surface area contributed by atoms with E-state index >= 15 is 0 Å². The summed E-state index contributed by atoms with van der Waals surface area (Å²) in [6, 6.07) is 0. The van der Waals surface area contributed by atoms with Gasteiger partial charge in [0.25, 0.3) is 0 Å². The van der Waals surface area contributed by atoms with Crippen LogP contribution >= 0.6 is 0 Å². The Morgan fingerprint density at radius 2 is 1.43 bits per heavy atom. The fourth-order valence-corrected chi connectivity index (χ4v) is 0. The second-order valence-corrected chi connectivity index (χ2v) is 3.75. The Hall–Kier alpha value is -0.830. The van der Waals surface area contributed by atoms with Crippen molar-refractivity contribution >= 4 is 16.0 Å². The summed E-state index contributed by atoms with van der Waals surface area (Å²) in [4.78, 5) is 11.6. The van der Waals surface area contributed by atoms with Gasteiger partial charge in [0.15, 0.2) is 0 Å². The van der Waals surface area contributed by atoms with Gasteiger partial charge in [-0.05, 0) is 0 Å². The van der Waals surface area contributed by atoms with Gasteiger partial charge in [0.2, 0.25) is 5.91 Å². The molecule has 0 spiro atoms. The van der Waals surface area contributed by atoms with Crippen LogP contribution in [-0.4, -0.2) is 43.4 Å². The second-order valence-electron chi connectivity index (χ2n) is 2.33. The SMILES string of the molecule is CC(=O)N(C)C.O=S(=O)(O)C(F)(F)F. The number of alkyl halides is 3. The Morgan fingerprint density at radius 3 is 1.43 bits per heavy atom. The summed E-state index contributed by atoms with van der Waals surface area (Å²) in [5, 5.41) is 0. The quantitative estimate of drug-likeness (QED) is 0.491. The Balaban J connectivity index is 0. The monoisotopic (exact) mass is 237 g/mol. The third-order valence-corrected chi connectivity index (χ3v) is 1.51. The summed E-state index contributed by atoms with van der Waals surface area (Å²) in [5.41, 5.74) is -5.53. The van der Waals surface area contributed by atoms with E-state index < -0.39 is 15.6 Å². The lowest BCUT2D eigenvalue weighted by Gasteiger charge is -2.02. The zero-order valence-corrected chi connectivity index (χ0v) is 8.48. The van der Waals surface area contributed by atoms with E-state index in [9.17, 15) is 18.0 Å². The Morgan fingerprint density at radius 1 is 1.29 bits per heavy atom. The highest BCUT2D eigenvalue weighted by Crippen LogP contribution is 2.20. The van der Waals surface area contributed by atoms with E-state index in [0.29, 0.717) is 0 Å². The summed E-state index contributed by atoms with van der Waals surface area (Å²) in [5.74, 6) is 0.0926. The van der Waals surface area contributed by atoms with Crippen LogP contribution in [0, 0.1) is 0 Å². The maximum absolute atomic E-state index is 10.7. The molecule has 0 aromatic carbocycles. The van der Waals surface area contributed by atoms with Crippen LogP contribution in [0.4, 0.5) is 13.2 Å². The summed E-state index contributed by atoms with van der Waals surface area (Å²) < 4.78 is 57.5. The lowest BCUT2D eigenvalue weighted by atomic mass is 10.7. The van der Waals surface area contributed by atoms with Gasteiger partial charge in [-0.3, -0.25) is 9.35 Å². The van der Waals surface area contributed by atoms with Gasteiger partial charge in [0.05, 0.1) is 0 Å². The van der Waals surface area contributed by atoms with Gasteiger partial charge in [-0.1, -0.05) is 0 Å². The molecule has 1 N–H and O–H groups in total. The van der Waals surface area contributed by atoms with Crippen LogP contribution in [0.1, 0.15) is 6.92 Å². The van der Waals surface area contributed by atoms with Crippen LogP contribution in [0.2, 0.25) is 0 Å². The van der Waals surface area contributed by atoms with Crippen LogP contribution < -0.4 is 0 Å². The van der Waals surface area contributed by atoms with Crippen LogP contribution in [0.15, 0.2) is 0 Å². The average Bonchev–Trinajstić information content (AvgIpc) is 1.83. The Kier molecular flexibility index (Phi) is 5.75. The normalized spacial score (nSPS) is 11.4. The molecule has 86 valence electrons. The molecule has 0 unspecified atom stereocenters. The molecule has 14 heavy (non-hydrogen) atoms. The van der Waals surface area contributed by atoms with Gasteiger partial charge in [0, 0.05) is 21.0 Å². The van der Waals surface area contributed by atoms with Gasteiger partial charge in [0.1, 0.15) is 0 Å². The molecule has 9 heteroatoms. The van der Waals surface area contributed by atoms with Crippen LogP contribution in [0.3, 0.4) is 0 Å². The number of hydrogen-bond acceptors (Lipinski definition) is 3. The average molecular weight is 237 g/mol. The van der Waals surface area contributed by atoms with E-state index in [1.165, 1.54) is 11.8 Å². The first-order valence-corrected chi connectivity index (χ1v) is 4.55. The van der Waals surface area contributed by atoms with Crippen LogP contribution in [-0.2, 0) is 14.9 Å².